The lowest BCUT2D eigenvalue weighted by molar-refractivity contribution is 0.0999. The van der Waals surface area contributed by atoms with Gasteiger partial charge in [-0.1, -0.05) is 74.0 Å². The number of amides is 1. The molecule has 35 heavy (non-hydrogen) atoms. The molecule has 0 saturated heterocycles. The van der Waals surface area contributed by atoms with Gasteiger partial charge in [-0.15, -0.1) is 0 Å². The molecule has 4 rings (SSSR count). The molecule has 184 valence electrons. The van der Waals surface area contributed by atoms with Crippen molar-refractivity contribution in [3.63, 3.8) is 0 Å². The summed E-state index contributed by atoms with van der Waals surface area (Å²) < 4.78 is 11.4. The molecule has 0 aliphatic rings. The normalized spacial score (nSPS) is 9.49. The van der Waals surface area contributed by atoms with Gasteiger partial charge in [0.2, 0.25) is 5.91 Å². The second kappa shape index (κ2) is 13.6. The lowest BCUT2D eigenvalue weighted by atomic mass is 10.1. The molecule has 0 heterocycles. The molecular weight excluding hydrogens is 434 g/mol. The zero-order chi connectivity index (χ0) is 23.8. The molecule has 4 heteroatoms. The Kier molecular flexibility index (Phi) is 11.3. The Morgan fingerprint density at radius 3 is 1.20 bits per heavy atom. The molecule has 4 nitrogen and oxygen atoms in total. The average molecular weight is 472 g/mol. The first kappa shape index (κ1) is 29.0. The predicted molar refractivity (Wildman–Crippen MR) is 147 cm³/mol. The maximum atomic E-state index is 11.2. The van der Waals surface area contributed by atoms with Crippen LogP contribution < -0.4 is 15.2 Å². The highest BCUT2D eigenvalue weighted by Gasteiger charge is 2.07. The topological polar surface area (TPSA) is 61.5 Å². The molecule has 0 atom stereocenters. The van der Waals surface area contributed by atoms with Crippen LogP contribution >= 0.6 is 0 Å². The fourth-order valence-corrected chi connectivity index (χ4v) is 3.02. The van der Waals surface area contributed by atoms with E-state index in [4.69, 9.17) is 15.2 Å². The van der Waals surface area contributed by atoms with Crippen molar-refractivity contribution in [1.29, 1.82) is 0 Å². The highest BCUT2D eigenvalue weighted by Crippen LogP contribution is 2.24. The standard InChI is InChI=1S/C15H15NO2.C14H14O.2CH4/c1-10-3-6-12(7-4-10)18-13-8-5-11(2)14(9-13)15(16)17;1-11-3-7-13(8-4-11)15-14-9-5-12(2)6-10-14;;/h3-9H,1-2H3,(H2,16,17);3-10H,1-2H3;2*1H4. The van der Waals surface area contributed by atoms with Crippen molar-refractivity contribution in [3.05, 3.63) is 119 Å². The van der Waals surface area contributed by atoms with Gasteiger partial charge in [-0.25, -0.2) is 0 Å². The number of benzene rings is 4. The summed E-state index contributed by atoms with van der Waals surface area (Å²) in [5.41, 5.74) is 10.3. The first-order valence-corrected chi connectivity index (χ1v) is 10.8. The highest BCUT2D eigenvalue weighted by molar-refractivity contribution is 5.94. The third-order valence-electron chi connectivity index (χ3n) is 5.01. The number of aryl methyl sites for hydroxylation is 4. The van der Waals surface area contributed by atoms with Crippen LogP contribution in [0.1, 0.15) is 47.5 Å². The van der Waals surface area contributed by atoms with E-state index in [0.29, 0.717) is 11.3 Å². The van der Waals surface area contributed by atoms with Crippen molar-refractivity contribution >= 4 is 5.91 Å². The summed E-state index contributed by atoms with van der Waals surface area (Å²) in [5.74, 6) is 2.66. The SMILES string of the molecule is C.C.Cc1ccc(Oc2ccc(C)c(C(N)=O)c2)cc1.Cc1ccc(Oc2ccc(C)cc2)cc1. The van der Waals surface area contributed by atoms with Crippen molar-refractivity contribution in [3.8, 4) is 23.0 Å². The van der Waals surface area contributed by atoms with Crippen molar-refractivity contribution in [2.75, 3.05) is 0 Å². The number of rotatable bonds is 5. The third kappa shape index (κ3) is 9.01. The van der Waals surface area contributed by atoms with E-state index in [2.05, 4.69) is 13.8 Å². The molecule has 4 aromatic rings. The van der Waals surface area contributed by atoms with Gasteiger partial charge in [0.15, 0.2) is 0 Å². The number of primary amides is 1. The van der Waals surface area contributed by atoms with E-state index in [-0.39, 0.29) is 14.9 Å². The minimum Gasteiger partial charge on any atom is -0.457 e. The Bertz CT molecular complexity index is 1150. The van der Waals surface area contributed by atoms with Gasteiger partial charge < -0.3 is 15.2 Å². The number of ether oxygens (including phenoxy) is 2. The van der Waals surface area contributed by atoms with Gasteiger partial charge in [-0.05, 0) is 81.8 Å². The molecule has 0 aromatic heterocycles. The molecule has 1 amide bonds. The summed E-state index contributed by atoms with van der Waals surface area (Å²) in [5, 5.41) is 0. The van der Waals surface area contributed by atoms with E-state index >= 15 is 0 Å². The monoisotopic (exact) mass is 471 g/mol. The van der Waals surface area contributed by atoms with Crippen LogP contribution in [0.4, 0.5) is 0 Å². The van der Waals surface area contributed by atoms with Crippen molar-refractivity contribution in [2.45, 2.75) is 42.5 Å². The van der Waals surface area contributed by atoms with Gasteiger partial charge in [0.1, 0.15) is 23.0 Å². The van der Waals surface area contributed by atoms with Crippen molar-refractivity contribution < 1.29 is 14.3 Å². The first-order chi connectivity index (χ1) is 15.8. The van der Waals surface area contributed by atoms with Crippen LogP contribution in [-0.2, 0) is 0 Å². The molecule has 0 saturated carbocycles. The summed E-state index contributed by atoms with van der Waals surface area (Å²) in [7, 11) is 0. The molecular formula is C31H37NO3. The largest absolute Gasteiger partial charge is 0.457 e. The Hall–Kier alpha value is -4.05. The maximum Gasteiger partial charge on any atom is 0.249 e. The molecule has 0 bridgehead atoms. The van der Waals surface area contributed by atoms with Crippen LogP contribution in [0.2, 0.25) is 0 Å². The molecule has 2 N–H and O–H groups in total. The number of hydrogen-bond donors (Lipinski definition) is 1. The summed E-state index contributed by atoms with van der Waals surface area (Å²) in [4.78, 5) is 11.2. The lowest BCUT2D eigenvalue weighted by Crippen LogP contribution is -2.12. The number of carbonyl (C=O) groups is 1. The van der Waals surface area contributed by atoms with E-state index in [1.165, 1.54) is 16.7 Å². The molecule has 0 fully saturated rings. The van der Waals surface area contributed by atoms with Gasteiger partial charge in [0.25, 0.3) is 0 Å². The molecule has 0 radical (unpaired) electrons. The molecule has 0 aliphatic heterocycles. The van der Waals surface area contributed by atoms with Crippen LogP contribution in [0.5, 0.6) is 23.0 Å². The zero-order valence-corrected chi connectivity index (χ0v) is 19.5. The predicted octanol–water partition coefficient (Wildman–Crippen LogP) is 8.56. The summed E-state index contributed by atoms with van der Waals surface area (Å²) in [6.45, 7) is 7.99. The first-order valence-electron chi connectivity index (χ1n) is 10.8. The van der Waals surface area contributed by atoms with Crippen LogP contribution in [-0.4, -0.2) is 5.91 Å². The molecule has 4 aromatic carbocycles. The Morgan fingerprint density at radius 1 is 0.543 bits per heavy atom. The van der Waals surface area contributed by atoms with E-state index in [0.717, 1.165) is 22.8 Å². The number of nitrogens with two attached hydrogens (primary N) is 1. The van der Waals surface area contributed by atoms with Crippen LogP contribution in [0.3, 0.4) is 0 Å². The van der Waals surface area contributed by atoms with E-state index in [1.54, 1.807) is 6.07 Å². The van der Waals surface area contributed by atoms with Gasteiger partial charge >= 0.3 is 0 Å². The second-order valence-corrected chi connectivity index (χ2v) is 7.98. The smallest absolute Gasteiger partial charge is 0.249 e. The second-order valence-electron chi connectivity index (χ2n) is 7.98. The Labute approximate surface area is 210 Å². The van der Waals surface area contributed by atoms with Gasteiger partial charge in [-0.2, -0.15) is 0 Å². The van der Waals surface area contributed by atoms with Crippen LogP contribution in [0.15, 0.2) is 91.0 Å². The minimum absolute atomic E-state index is 0. The lowest BCUT2D eigenvalue weighted by Gasteiger charge is -2.08. The minimum atomic E-state index is -0.443. The highest BCUT2D eigenvalue weighted by atomic mass is 16.5. The van der Waals surface area contributed by atoms with Gasteiger partial charge in [0.05, 0.1) is 0 Å². The fourth-order valence-electron chi connectivity index (χ4n) is 3.02. The summed E-state index contributed by atoms with van der Waals surface area (Å²) >= 11 is 0. The van der Waals surface area contributed by atoms with Crippen LogP contribution in [0.25, 0.3) is 0 Å². The average Bonchev–Trinajstić information content (AvgIpc) is 2.80. The quantitative estimate of drug-likeness (QED) is 0.317. The summed E-state index contributed by atoms with van der Waals surface area (Å²) in [6.07, 6.45) is 0. The van der Waals surface area contributed by atoms with E-state index < -0.39 is 5.91 Å². The molecule has 0 spiro atoms. The van der Waals surface area contributed by atoms with Gasteiger partial charge in [-0.3, -0.25) is 4.79 Å². The summed E-state index contributed by atoms with van der Waals surface area (Å²) in [6, 6.07) is 29.1. The van der Waals surface area contributed by atoms with Crippen molar-refractivity contribution in [2.24, 2.45) is 5.73 Å². The number of hydrogen-bond acceptors (Lipinski definition) is 3. The van der Waals surface area contributed by atoms with Gasteiger partial charge in [0, 0.05) is 5.56 Å². The molecule has 0 unspecified atom stereocenters. The zero-order valence-electron chi connectivity index (χ0n) is 19.5. The number of carbonyl (C=O) groups excluding carboxylic acids is 1. The Balaban J connectivity index is 0.000000336. The fraction of sp³-hybridized carbons (Fsp3) is 0.194. The Morgan fingerprint density at radius 2 is 0.857 bits per heavy atom. The van der Waals surface area contributed by atoms with E-state index in [1.807, 2.05) is 98.8 Å². The van der Waals surface area contributed by atoms with Crippen molar-refractivity contribution in [1.82, 2.24) is 0 Å². The third-order valence-corrected chi connectivity index (χ3v) is 5.01. The van der Waals surface area contributed by atoms with Crippen LogP contribution in [0, 0.1) is 27.7 Å². The van der Waals surface area contributed by atoms with E-state index in [9.17, 15) is 4.79 Å². The molecule has 0 aliphatic carbocycles. The maximum absolute atomic E-state index is 11.2.